The third kappa shape index (κ3) is 4.69. The lowest BCUT2D eigenvalue weighted by atomic mass is 9.50. The molecule has 10 heteroatoms. The number of aryl methyl sites for hydroxylation is 1. The van der Waals surface area contributed by atoms with Gasteiger partial charge in [0.25, 0.3) is 5.56 Å². The van der Waals surface area contributed by atoms with Crippen LogP contribution in [0.15, 0.2) is 59.8 Å². The Hall–Kier alpha value is -4.42. The minimum absolute atomic E-state index is 0.00992. The molecule has 2 bridgehead atoms. The van der Waals surface area contributed by atoms with Gasteiger partial charge in [0, 0.05) is 41.9 Å². The third-order valence-corrected chi connectivity index (χ3v) is 9.44. The summed E-state index contributed by atoms with van der Waals surface area (Å²) in [4.78, 5) is 17.8. The van der Waals surface area contributed by atoms with Gasteiger partial charge in [0.2, 0.25) is 0 Å². The van der Waals surface area contributed by atoms with Crippen molar-refractivity contribution in [3.8, 4) is 6.07 Å². The molecule has 3 heterocycles. The van der Waals surface area contributed by atoms with Crippen molar-refractivity contribution >= 4 is 44.7 Å². The largest absolute Gasteiger partial charge is 0.383 e. The third-order valence-electron chi connectivity index (χ3n) is 9.15. The zero-order chi connectivity index (χ0) is 30.8. The Morgan fingerprint density at radius 1 is 1.16 bits per heavy atom. The van der Waals surface area contributed by atoms with Gasteiger partial charge in [-0.1, -0.05) is 49.7 Å². The number of benzene rings is 2. The van der Waals surface area contributed by atoms with Gasteiger partial charge in [0.1, 0.15) is 11.8 Å². The van der Waals surface area contributed by atoms with Crippen LogP contribution in [-0.2, 0) is 12.1 Å². The van der Waals surface area contributed by atoms with E-state index in [-0.39, 0.29) is 16.5 Å². The number of nitrogens with zero attached hydrogens (tertiary/aromatic N) is 6. The quantitative estimate of drug-likeness (QED) is 0.198. The summed E-state index contributed by atoms with van der Waals surface area (Å²) < 4.78 is 3.75. The summed E-state index contributed by atoms with van der Waals surface area (Å²) in [6, 6.07) is 13.5. The zero-order valence-corrected chi connectivity index (χ0v) is 26.1. The molecule has 0 radical (unpaired) electrons. The first-order valence-corrected chi connectivity index (χ1v) is 15.5. The number of aromatic nitrogens is 5. The zero-order valence-electron chi connectivity index (χ0n) is 25.4. The molecular weight excluding hydrogens is 572 g/mol. The van der Waals surface area contributed by atoms with Crippen LogP contribution in [0.4, 0.5) is 11.4 Å². The highest BCUT2D eigenvalue weighted by Gasteiger charge is 2.59. The summed E-state index contributed by atoms with van der Waals surface area (Å²) in [6.45, 7) is 9.64. The second-order valence-electron chi connectivity index (χ2n) is 13.5. The highest BCUT2D eigenvalue weighted by atomic mass is 35.5. The SMILES string of the molecule is CCn1ccc2c(C(Nc3cc(Cl)c4ncc(C#N)c(NCC(C)(C)C)c4c3)c3cn(C45CC(C4)C5)nn3)cccc2c1=O. The van der Waals surface area contributed by atoms with Crippen molar-refractivity contribution < 1.29 is 0 Å². The van der Waals surface area contributed by atoms with E-state index in [1.807, 2.05) is 60.4 Å². The molecule has 2 N–H and O–H groups in total. The Morgan fingerprint density at radius 3 is 2.64 bits per heavy atom. The smallest absolute Gasteiger partial charge is 0.258 e. The molecule has 0 aliphatic heterocycles. The Kier molecular flexibility index (Phi) is 6.67. The van der Waals surface area contributed by atoms with Crippen LogP contribution in [0.2, 0.25) is 5.02 Å². The molecule has 3 aromatic heterocycles. The van der Waals surface area contributed by atoms with E-state index in [9.17, 15) is 10.1 Å². The van der Waals surface area contributed by atoms with Gasteiger partial charge in [-0.05, 0) is 72.7 Å². The number of rotatable bonds is 8. The van der Waals surface area contributed by atoms with E-state index in [0.29, 0.717) is 40.3 Å². The predicted molar refractivity (Wildman–Crippen MR) is 174 cm³/mol. The van der Waals surface area contributed by atoms with Crippen molar-refractivity contribution in [3.63, 3.8) is 0 Å². The van der Waals surface area contributed by atoms with E-state index >= 15 is 0 Å². The molecule has 5 aromatic rings. The number of halogens is 1. The molecule has 224 valence electrons. The standard InChI is InChI=1S/C34H35ClN8O/c1-5-42-10-9-23-24(7-6-8-25(23)32(42)44)31(28-18-43(41-40-28)34-13-20(14-34)15-34)39-22-11-26-29(38-19-33(2,3)4)21(16-36)17-37-30(26)27(35)12-22/h6-12,17-18,20,31,39H,5,13-15,19H2,1-4H3,(H,37,38). The molecule has 3 saturated carbocycles. The maximum absolute atomic E-state index is 13.3. The summed E-state index contributed by atoms with van der Waals surface area (Å²) in [6.07, 6.45) is 8.91. The van der Waals surface area contributed by atoms with E-state index in [1.54, 1.807) is 10.8 Å². The van der Waals surface area contributed by atoms with E-state index < -0.39 is 6.04 Å². The van der Waals surface area contributed by atoms with Gasteiger partial charge in [-0.3, -0.25) is 9.78 Å². The van der Waals surface area contributed by atoms with Crippen molar-refractivity contribution in [2.24, 2.45) is 11.3 Å². The molecule has 3 fully saturated rings. The maximum atomic E-state index is 13.3. The van der Waals surface area contributed by atoms with Gasteiger partial charge in [-0.2, -0.15) is 5.26 Å². The normalized spacial score (nSPS) is 19.7. The Morgan fingerprint density at radius 2 is 1.95 bits per heavy atom. The van der Waals surface area contributed by atoms with Crippen molar-refractivity contribution in [1.82, 2.24) is 24.5 Å². The molecule has 1 unspecified atom stereocenters. The molecule has 8 rings (SSSR count). The van der Waals surface area contributed by atoms with Crippen LogP contribution in [-0.4, -0.2) is 31.1 Å². The molecule has 3 aliphatic carbocycles. The van der Waals surface area contributed by atoms with Gasteiger partial charge in [0.15, 0.2) is 0 Å². The minimum Gasteiger partial charge on any atom is -0.383 e. The first kappa shape index (κ1) is 28.4. The van der Waals surface area contributed by atoms with Gasteiger partial charge < -0.3 is 15.2 Å². The fraction of sp³-hybridized carbons (Fsp3) is 0.382. The summed E-state index contributed by atoms with van der Waals surface area (Å²) in [5, 5.41) is 29.1. The van der Waals surface area contributed by atoms with E-state index in [0.717, 1.165) is 52.9 Å². The molecule has 9 nitrogen and oxygen atoms in total. The highest BCUT2D eigenvalue weighted by Crippen LogP contribution is 2.62. The van der Waals surface area contributed by atoms with E-state index in [4.69, 9.17) is 11.6 Å². The first-order valence-electron chi connectivity index (χ1n) is 15.2. The Balaban J connectivity index is 1.37. The van der Waals surface area contributed by atoms with E-state index in [1.165, 1.54) is 0 Å². The van der Waals surface area contributed by atoms with Gasteiger partial charge in [-0.15, -0.1) is 5.10 Å². The van der Waals surface area contributed by atoms with Crippen molar-refractivity contribution in [3.05, 3.63) is 87.2 Å². The molecule has 44 heavy (non-hydrogen) atoms. The monoisotopic (exact) mass is 606 g/mol. The number of nitriles is 1. The predicted octanol–water partition coefficient (Wildman–Crippen LogP) is 6.85. The summed E-state index contributed by atoms with van der Waals surface area (Å²) in [5.74, 6) is 0.808. The van der Waals surface area contributed by atoms with Gasteiger partial charge in [0.05, 0.1) is 39.6 Å². The van der Waals surface area contributed by atoms with Crippen LogP contribution in [0.1, 0.15) is 69.8 Å². The lowest BCUT2D eigenvalue weighted by Crippen LogP contribution is -2.59. The average Bonchev–Trinajstić information content (AvgIpc) is 3.42. The van der Waals surface area contributed by atoms with Crippen molar-refractivity contribution in [1.29, 1.82) is 5.26 Å². The molecular formula is C34H35ClN8O. The van der Waals surface area contributed by atoms with Crippen molar-refractivity contribution in [2.75, 3.05) is 17.2 Å². The number of nitrogens with one attached hydrogen (secondary N) is 2. The maximum Gasteiger partial charge on any atom is 0.258 e. The number of hydrogen-bond acceptors (Lipinski definition) is 7. The van der Waals surface area contributed by atoms with Gasteiger partial charge >= 0.3 is 0 Å². The fourth-order valence-corrected chi connectivity index (χ4v) is 6.91. The topological polar surface area (TPSA) is 113 Å². The molecule has 1 atom stereocenters. The lowest BCUT2D eigenvalue weighted by molar-refractivity contribution is -0.0989. The van der Waals surface area contributed by atoms with Crippen LogP contribution >= 0.6 is 11.6 Å². The number of hydrogen-bond donors (Lipinski definition) is 2. The van der Waals surface area contributed by atoms with Crippen molar-refractivity contribution in [2.45, 2.75) is 65.1 Å². The van der Waals surface area contributed by atoms with Gasteiger partial charge in [-0.25, -0.2) is 4.68 Å². The average molecular weight is 607 g/mol. The number of pyridine rings is 2. The molecule has 0 amide bonds. The summed E-state index contributed by atoms with van der Waals surface area (Å²) >= 11 is 6.85. The fourth-order valence-electron chi connectivity index (χ4n) is 6.65. The highest BCUT2D eigenvalue weighted by molar-refractivity contribution is 6.35. The van der Waals surface area contributed by atoms with Crippen LogP contribution in [0.3, 0.4) is 0 Å². The van der Waals surface area contributed by atoms with Crippen LogP contribution < -0.4 is 16.2 Å². The Labute approximate surface area is 260 Å². The second kappa shape index (κ2) is 10.3. The summed E-state index contributed by atoms with van der Waals surface area (Å²) in [7, 11) is 0. The summed E-state index contributed by atoms with van der Waals surface area (Å²) in [5.41, 5.74) is 4.24. The molecule has 0 saturated heterocycles. The molecule has 3 aliphatic rings. The van der Waals surface area contributed by atoms with Crippen LogP contribution in [0, 0.1) is 22.7 Å². The van der Waals surface area contributed by atoms with Crippen LogP contribution in [0.5, 0.6) is 0 Å². The molecule has 0 spiro atoms. The number of fused-ring (bicyclic) bond motifs is 2. The minimum atomic E-state index is -0.428. The Bertz CT molecular complexity index is 2020. The van der Waals surface area contributed by atoms with Crippen LogP contribution in [0.25, 0.3) is 21.7 Å². The first-order chi connectivity index (χ1) is 21.1. The molecule has 2 aromatic carbocycles. The number of anilines is 2. The lowest BCUT2D eigenvalue weighted by Gasteiger charge is -2.61. The second-order valence-corrected chi connectivity index (χ2v) is 13.9. The van der Waals surface area contributed by atoms with E-state index in [2.05, 4.69) is 52.8 Å².